The van der Waals surface area contributed by atoms with E-state index in [2.05, 4.69) is 10.3 Å². The maximum Gasteiger partial charge on any atom is 0.269 e. The first-order valence-corrected chi connectivity index (χ1v) is 8.08. The molecule has 0 saturated heterocycles. The number of hydrogen-bond donors (Lipinski definition) is 1. The average molecular weight is 343 g/mol. The average Bonchev–Trinajstić information content (AvgIpc) is 2.68. The first kappa shape index (κ1) is 17.1. The molecule has 0 aliphatic rings. The van der Waals surface area contributed by atoms with Crippen LogP contribution < -0.4 is 5.32 Å². The first-order chi connectivity index (χ1) is 12.7. The minimum Gasteiger partial charge on any atom is -0.356 e. The number of para-hydroxylation sites is 1. The molecule has 0 radical (unpaired) electrons. The monoisotopic (exact) mass is 343 g/mol. The van der Waals surface area contributed by atoms with Gasteiger partial charge in [0.2, 0.25) is 0 Å². The summed E-state index contributed by atoms with van der Waals surface area (Å²) < 4.78 is 0. The number of anilines is 2. The molecule has 0 unspecified atom stereocenters. The van der Waals surface area contributed by atoms with Gasteiger partial charge in [-0.3, -0.25) is 15.1 Å². The molecule has 0 fully saturated rings. The molecular formula is C21H17N3O2. The quantitative estimate of drug-likeness (QED) is 0.352. The summed E-state index contributed by atoms with van der Waals surface area (Å²) in [5.41, 5.74) is 3.84. The molecule has 0 spiro atoms. The number of nitro groups is 1. The van der Waals surface area contributed by atoms with Crippen LogP contribution >= 0.6 is 0 Å². The fraction of sp³-hybridized carbons (Fsp3) is 0. The summed E-state index contributed by atoms with van der Waals surface area (Å²) in [6, 6.07) is 24.1. The lowest BCUT2D eigenvalue weighted by Crippen LogP contribution is -1.88. The summed E-state index contributed by atoms with van der Waals surface area (Å²) in [5.74, 6) is 0. The molecule has 0 aliphatic carbocycles. The van der Waals surface area contributed by atoms with E-state index in [0.717, 1.165) is 22.6 Å². The Labute approximate surface area is 151 Å². The predicted octanol–water partition coefficient (Wildman–Crippen LogP) is 5.75. The number of benzene rings is 3. The minimum absolute atomic E-state index is 0.0834. The van der Waals surface area contributed by atoms with E-state index in [9.17, 15) is 10.1 Å². The maximum atomic E-state index is 10.6. The van der Waals surface area contributed by atoms with Gasteiger partial charge in [-0.25, -0.2) is 0 Å². The topological polar surface area (TPSA) is 67.5 Å². The van der Waals surface area contributed by atoms with Crippen molar-refractivity contribution in [2.24, 2.45) is 4.99 Å². The summed E-state index contributed by atoms with van der Waals surface area (Å²) in [5, 5.41) is 13.9. The van der Waals surface area contributed by atoms with Crippen LogP contribution in [0.2, 0.25) is 0 Å². The van der Waals surface area contributed by atoms with Crippen LogP contribution in [0.15, 0.2) is 89.9 Å². The molecule has 0 heterocycles. The van der Waals surface area contributed by atoms with Crippen molar-refractivity contribution in [1.29, 1.82) is 0 Å². The molecule has 1 N–H and O–H groups in total. The minimum atomic E-state index is -0.411. The Balaban J connectivity index is 1.57. The Hall–Kier alpha value is -3.73. The van der Waals surface area contributed by atoms with E-state index in [1.54, 1.807) is 24.4 Å². The smallest absolute Gasteiger partial charge is 0.269 e. The summed E-state index contributed by atoms with van der Waals surface area (Å²) in [6.07, 6.45) is 5.34. The molecule has 0 aromatic heterocycles. The van der Waals surface area contributed by atoms with Crippen LogP contribution in [-0.4, -0.2) is 11.1 Å². The largest absolute Gasteiger partial charge is 0.356 e. The fourth-order valence-corrected chi connectivity index (χ4v) is 2.31. The highest BCUT2D eigenvalue weighted by Crippen LogP contribution is 2.20. The lowest BCUT2D eigenvalue weighted by molar-refractivity contribution is -0.384. The second-order valence-corrected chi connectivity index (χ2v) is 5.52. The molecule has 3 aromatic rings. The summed E-state index contributed by atoms with van der Waals surface area (Å²) in [4.78, 5) is 14.6. The highest BCUT2D eigenvalue weighted by atomic mass is 16.6. The standard InChI is InChI=1S/C21H17N3O2/c25-24(26)21-14-8-17(9-15-21)5-4-16-22-18-10-12-20(13-11-18)23-19-6-2-1-3-7-19/h1-16,23H. The summed E-state index contributed by atoms with van der Waals surface area (Å²) in [6.45, 7) is 0. The van der Waals surface area contributed by atoms with Gasteiger partial charge in [-0.15, -0.1) is 0 Å². The van der Waals surface area contributed by atoms with Crippen LogP contribution in [-0.2, 0) is 0 Å². The van der Waals surface area contributed by atoms with Crippen molar-refractivity contribution in [3.8, 4) is 0 Å². The fourth-order valence-electron chi connectivity index (χ4n) is 2.31. The van der Waals surface area contributed by atoms with Gasteiger partial charge in [-0.2, -0.15) is 0 Å². The van der Waals surface area contributed by atoms with E-state index < -0.39 is 4.92 Å². The molecule has 0 aliphatic heterocycles. The Bertz CT molecular complexity index is 916. The van der Waals surface area contributed by atoms with Crippen LogP contribution in [0.25, 0.3) is 6.08 Å². The van der Waals surface area contributed by atoms with E-state index >= 15 is 0 Å². The van der Waals surface area contributed by atoms with Crippen LogP contribution in [0, 0.1) is 10.1 Å². The molecule has 0 bridgehead atoms. The number of allylic oxidation sites excluding steroid dienone is 1. The number of nitro benzene ring substituents is 1. The van der Waals surface area contributed by atoms with Gasteiger partial charge in [0.05, 0.1) is 10.6 Å². The number of nitrogens with one attached hydrogen (secondary N) is 1. The predicted molar refractivity (Wildman–Crippen MR) is 106 cm³/mol. The zero-order valence-electron chi connectivity index (χ0n) is 13.9. The van der Waals surface area contributed by atoms with Gasteiger partial charge in [0.1, 0.15) is 0 Å². The Kier molecular flexibility index (Phi) is 5.52. The van der Waals surface area contributed by atoms with E-state index in [-0.39, 0.29) is 5.69 Å². The Morgan fingerprint density at radius 1 is 0.846 bits per heavy atom. The second kappa shape index (κ2) is 8.39. The maximum absolute atomic E-state index is 10.6. The van der Waals surface area contributed by atoms with Crippen molar-refractivity contribution in [1.82, 2.24) is 0 Å². The van der Waals surface area contributed by atoms with Gasteiger partial charge in [0.15, 0.2) is 0 Å². The van der Waals surface area contributed by atoms with Gasteiger partial charge in [-0.1, -0.05) is 24.3 Å². The molecule has 0 atom stereocenters. The summed E-state index contributed by atoms with van der Waals surface area (Å²) >= 11 is 0. The summed E-state index contributed by atoms with van der Waals surface area (Å²) in [7, 11) is 0. The van der Waals surface area contributed by atoms with E-state index in [1.807, 2.05) is 60.7 Å². The molecule has 5 nitrogen and oxygen atoms in total. The number of rotatable bonds is 6. The number of nitrogens with zero attached hydrogens (tertiary/aromatic N) is 2. The molecular weight excluding hydrogens is 326 g/mol. The van der Waals surface area contributed by atoms with Crippen molar-refractivity contribution < 1.29 is 4.92 Å². The molecule has 3 rings (SSSR count). The number of aliphatic imine (C=N–C) groups is 1. The van der Waals surface area contributed by atoms with Crippen molar-refractivity contribution in [2.75, 3.05) is 5.32 Å². The molecule has 128 valence electrons. The molecule has 26 heavy (non-hydrogen) atoms. The van der Waals surface area contributed by atoms with Crippen molar-refractivity contribution >= 4 is 35.0 Å². The number of hydrogen-bond acceptors (Lipinski definition) is 4. The van der Waals surface area contributed by atoms with E-state index in [4.69, 9.17) is 0 Å². The van der Waals surface area contributed by atoms with Crippen molar-refractivity contribution in [3.63, 3.8) is 0 Å². The molecule has 3 aromatic carbocycles. The lowest BCUT2D eigenvalue weighted by Gasteiger charge is -2.05. The Morgan fingerprint density at radius 2 is 1.50 bits per heavy atom. The van der Waals surface area contributed by atoms with E-state index in [0.29, 0.717) is 0 Å². The van der Waals surface area contributed by atoms with E-state index in [1.165, 1.54) is 12.1 Å². The van der Waals surface area contributed by atoms with Crippen LogP contribution in [0.4, 0.5) is 22.7 Å². The first-order valence-electron chi connectivity index (χ1n) is 8.08. The Morgan fingerprint density at radius 3 is 2.15 bits per heavy atom. The number of non-ortho nitro benzene ring substituents is 1. The third-order valence-corrected chi connectivity index (χ3v) is 3.63. The zero-order valence-corrected chi connectivity index (χ0v) is 13.9. The van der Waals surface area contributed by atoms with Crippen LogP contribution in [0.5, 0.6) is 0 Å². The second-order valence-electron chi connectivity index (χ2n) is 5.52. The lowest BCUT2D eigenvalue weighted by atomic mass is 10.2. The molecule has 5 heteroatoms. The normalized spacial score (nSPS) is 11.1. The van der Waals surface area contributed by atoms with Gasteiger partial charge in [-0.05, 0) is 60.2 Å². The molecule has 0 amide bonds. The third-order valence-electron chi connectivity index (χ3n) is 3.63. The highest BCUT2D eigenvalue weighted by Gasteiger charge is 2.01. The van der Waals surface area contributed by atoms with Crippen molar-refractivity contribution in [2.45, 2.75) is 0 Å². The van der Waals surface area contributed by atoms with Crippen LogP contribution in [0.3, 0.4) is 0 Å². The van der Waals surface area contributed by atoms with Gasteiger partial charge in [0.25, 0.3) is 5.69 Å². The molecule has 0 saturated carbocycles. The zero-order chi connectivity index (χ0) is 18.2. The third kappa shape index (κ3) is 4.88. The van der Waals surface area contributed by atoms with Gasteiger partial charge < -0.3 is 5.32 Å². The highest BCUT2D eigenvalue weighted by molar-refractivity contribution is 5.80. The van der Waals surface area contributed by atoms with Crippen LogP contribution in [0.1, 0.15) is 5.56 Å². The SMILES string of the molecule is O=[N+]([O-])c1ccc(C=CC=Nc2ccc(Nc3ccccc3)cc2)cc1. The van der Waals surface area contributed by atoms with Gasteiger partial charge in [0, 0.05) is 29.7 Å². The van der Waals surface area contributed by atoms with Crippen molar-refractivity contribution in [3.05, 3.63) is 101 Å². The van der Waals surface area contributed by atoms with Gasteiger partial charge >= 0.3 is 0 Å².